The second-order valence-electron chi connectivity index (χ2n) is 4.80. The SMILES string of the molecule is CCc1[nH]c(=O)c(C#N)cc1-c1ccc(S(=O)(=O)CC)cc1. The number of pyridine rings is 1. The first kappa shape index (κ1) is 16.0. The van der Waals surface area contributed by atoms with Crippen molar-refractivity contribution < 1.29 is 8.42 Å². The number of nitrogens with zero attached hydrogens (tertiary/aromatic N) is 1. The highest BCUT2D eigenvalue weighted by Crippen LogP contribution is 2.24. The largest absolute Gasteiger partial charge is 0.324 e. The van der Waals surface area contributed by atoms with Crippen molar-refractivity contribution >= 4 is 9.84 Å². The van der Waals surface area contributed by atoms with Gasteiger partial charge in [0.1, 0.15) is 11.6 Å². The van der Waals surface area contributed by atoms with Crippen molar-refractivity contribution in [3.8, 4) is 17.2 Å². The van der Waals surface area contributed by atoms with Gasteiger partial charge in [0.05, 0.1) is 10.6 Å². The summed E-state index contributed by atoms with van der Waals surface area (Å²) >= 11 is 0. The zero-order valence-electron chi connectivity index (χ0n) is 12.4. The number of H-pyrrole nitrogens is 1. The summed E-state index contributed by atoms with van der Waals surface area (Å²) in [7, 11) is -3.24. The molecule has 0 aliphatic heterocycles. The van der Waals surface area contributed by atoms with Crippen molar-refractivity contribution in [2.75, 3.05) is 5.75 Å². The molecule has 0 saturated carbocycles. The predicted molar refractivity (Wildman–Crippen MR) is 84.3 cm³/mol. The molecule has 0 saturated heterocycles. The van der Waals surface area contributed by atoms with Crippen LogP contribution in [0.25, 0.3) is 11.1 Å². The fourth-order valence-corrected chi connectivity index (χ4v) is 3.08. The van der Waals surface area contributed by atoms with E-state index in [9.17, 15) is 13.2 Å². The second kappa shape index (κ2) is 6.16. The lowest BCUT2D eigenvalue weighted by molar-refractivity contribution is 0.597. The fraction of sp³-hybridized carbons (Fsp3) is 0.250. The van der Waals surface area contributed by atoms with E-state index in [4.69, 9.17) is 5.26 Å². The number of sulfone groups is 1. The van der Waals surface area contributed by atoms with Gasteiger partial charge >= 0.3 is 0 Å². The Bertz CT molecular complexity index is 888. The molecule has 0 aliphatic rings. The van der Waals surface area contributed by atoms with Crippen molar-refractivity contribution in [3.05, 3.63) is 51.9 Å². The zero-order chi connectivity index (χ0) is 16.3. The van der Waals surface area contributed by atoms with Crippen LogP contribution in [0.15, 0.2) is 40.0 Å². The Kier molecular flexibility index (Phi) is 4.48. The van der Waals surface area contributed by atoms with Gasteiger partial charge in [0.15, 0.2) is 9.84 Å². The monoisotopic (exact) mass is 316 g/mol. The molecular formula is C16H16N2O3S. The Balaban J connectivity index is 2.58. The molecule has 0 amide bonds. The van der Waals surface area contributed by atoms with Crippen molar-refractivity contribution in [1.82, 2.24) is 4.98 Å². The highest BCUT2D eigenvalue weighted by atomic mass is 32.2. The molecule has 0 spiro atoms. The maximum Gasteiger partial charge on any atom is 0.266 e. The van der Waals surface area contributed by atoms with Crippen LogP contribution in [0.3, 0.4) is 0 Å². The van der Waals surface area contributed by atoms with Gasteiger partial charge in [0, 0.05) is 11.3 Å². The van der Waals surface area contributed by atoms with E-state index in [0.29, 0.717) is 6.42 Å². The summed E-state index contributed by atoms with van der Waals surface area (Å²) in [5.74, 6) is 0.0454. The van der Waals surface area contributed by atoms with Crippen LogP contribution in [-0.2, 0) is 16.3 Å². The molecule has 114 valence electrons. The van der Waals surface area contributed by atoms with Gasteiger partial charge in [-0.1, -0.05) is 26.0 Å². The average molecular weight is 316 g/mol. The van der Waals surface area contributed by atoms with Crippen molar-refractivity contribution in [3.63, 3.8) is 0 Å². The molecule has 2 aromatic rings. The lowest BCUT2D eigenvalue weighted by atomic mass is 10.0. The molecule has 22 heavy (non-hydrogen) atoms. The first-order chi connectivity index (χ1) is 10.4. The smallest absolute Gasteiger partial charge is 0.266 e. The van der Waals surface area contributed by atoms with Crippen LogP contribution in [0.1, 0.15) is 25.1 Å². The van der Waals surface area contributed by atoms with E-state index in [-0.39, 0.29) is 16.2 Å². The molecule has 1 aromatic heterocycles. The molecule has 0 bridgehead atoms. The average Bonchev–Trinajstić information content (AvgIpc) is 2.54. The van der Waals surface area contributed by atoms with Crippen LogP contribution in [0.2, 0.25) is 0 Å². The van der Waals surface area contributed by atoms with Crippen LogP contribution in [0.4, 0.5) is 0 Å². The molecule has 6 heteroatoms. The number of hydrogen-bond acceptors (Lipinski definition) is 4. The lowest BCUT2D eigenvalue weighted by Gasteiger charge is -2.09. The molecule has 0 atom stereocenters. The van der Waals surface area contributed by atoms with Crippen LogP contribution in [0.5, 0.6) is 0 Å². The first-order valence-electron chi connectivity index (χ1n) is 6.92. The minimum atomic E-state index is -3.24. The third kappa shape index (κ3) is 2.95. The molecule has 1 heterocycles. The highest BCUT2D eigenvalue weighted by molar-refractivity contribution is 7.91. The Morgan fingerprint density at radius 3 is 2.32 bits per heavy atom. The van der Waals surface area contributed by atoms with Gasteiger partial charge in [-0.05, 0) is 30.2 Å². The van der Waals surface area contributed by atoms with E-state index in [1.54, 1.807) is 37.3 Å². The third-order valence-electron chi connectivity index (χ3n) is 3.50. The van der Waals surface area contributed by atoms with E-state index in [1.165, 1.54) is 0 Å². The molecule has 0 radical (unpaired) electrons. The van der Waals surface area contributed by atoms with Gasteiger partial charge in [-0.25, -0.2) is 8.42 Å². The molecule has 0 unspecified atom stereocenters. The summed E-state index contributed by atoms with van der Waals surface area (Å²) in [5, 5.41) is 8.99. The predicted octanol–water partition coefficient (Wildman–Crippen LogP) is 2.27. The summed E-state index contributed by atoms with van der Waals surface area (Å²) in [4.78, 5) is 14.6. The third-order valence-corrected chi connectivity index (χ3v) is 5.25. The summed E-state index contributed by atoms with van der Waals surface area (Å²) in [5.41, 5.74) is 1.85. The number of hydrogen-bond donors (Lipinski definition) is 1. The molecule has 5 nitrogen and oxygen atoms in total. The number of aromatic nitrogens is 1. The fourth-order valence-electron chi connectivity index (χ4n) is 2.20. The lowest BCUT2D eigenvalue weighted by Crippen LogP contribution is -2.13. The number of aryl methyl sites for hydroxylation is 1. The van der Waals surface area contributed by atoms with Gasteiger partial charge in [0.2, 0.25) is 0 Å². The van der Waals surface area contributed by atoms with E-state index in [0.717, 1.165) is 16.8 Å². The molecule has 1 aromatic carbocycles. The van der Waals surface area contributed by atoms with Gasteiger partial charge in [-0.3, -0.25) is 4.79 Å². The Morgan fingerprint density at radius 2 is 1.82 bits per heavy atom. The Labute approximate surface area is 129 Å². The van der Waals surface area contributed by atoms with Crippen LogP contribution in [0, 0.1) is 11.3 Å². The zero-order valence-corrected chi connectivity index (χ0v) is 13.2. The van der Waals surface area contributed by atoms with Crippen molar-refractivity contribution in [2.24, 2.45) is 0 Å². The molecular weight excluding hydrogens is 300 g/mol. The van der Waals surface area contributed by atoms with E-state index in [1.807, 2.05) is 13.0 Å². The number of nitriles is 1. The van der Waals surface area contributed by atoms with E-state index in [2.05, 4.69) is 4.98 Å². The number of benzene rings is 1. The van der Waals surface area contributed by atoms with Gasteiger partial charge in [0.25, 0.3) is 5.56 Å². The van der Waals surface area contributed by atoms with Crippen molar-refractivity contribution in [1.29, 1.82) is 5.26 Å². The Morgan fingerprint density at radius 1 is 1.18 bits per heavy atom. The van der Waals surface area contributed by atoms with Crippen LogP contribution < -0.4 is 5.56 Å². The van der Waals surface area contributed by atoms with Crippen LogP contribution >= 0.6 is 0 Å². The highest BCUT2D eigenvalue weighted by Gasteiger charge is 2.13. The first-order valence-corrected chi connectivity index (χ1v) is 8.57. The molecule has 2 rings (SSSR count). The number of aromatic amines is 1. The normalized spacial score (nSPS) is 11.1. The molecule has 0 aliphatic carbocycles. The minimum Gasteiger partial charge on any atom is -0.324 e. The minimum absolute atomic E-state index is 0.0393. The Hall–Kier alpha value is -2.39. The standard InChI is InChI=1S/C16H16N2O3S/c1-3-15-14(9-12(10-17)16(19)18-15)11-5-7-13(8-6-11)22(20,21)4-2/h5-9H,3-4H2,1-2H3,(H,18,19). The molecule has 1 N–H and O–H groups in total. The van der Waals surface area contributed by atoms with E-state index < -0.39 is 15.4 Å². The topological polar surface area (TPSA) is 90.8 Å². The summed E-state index contributed by atoms with van der Waals surface area (Å²) in [6.45, 7) is 3.50. The number of rotatable bonds is 4. The summed E-state index contributed by atoms with van der Waals surface area (Å²) in [6.07, 6.45) is 0.602. The molecule has 0 fully saturated rings. The van der Waals surface area contributed by atoms with Crippen molar-refractivity contribution in [2.45, 2.75) is 25.2 Å². The van der Waals surface area contributed by atoms with Crippen LogP contribution in [-0.4, -0.2) is 19.2 Å². The summed E-state index contributed by atoms with van der Waals surface area (Å²) in [6, 6.07) is 9.88. The summed E-state index contributed by atoms with van der Waals surface area (Å²) < 4.78 is 23.7. The van der Waals surface area contributed by atoms with Gasteiger partial charge < -0.3 is 4.98 Å². The number of nitrogens with one attached hydrogen (secondary N) is 1. The maximum atomic E-state index is 11.8. The van der Waals surface area contributed by atoms with Gasteiger partial charge in [-0.2, -0.15) is 5.26 Å². The quantitative estimate of drug-likeness (QED) is 0.936. The maximum absolute atomic E-state index is 11.8. The van der Waals surface area contributed by atoms with Gasteiger partial charge in [-0.15, -0.1) is 0 Å². The van der Waals surface area contributed by atoms with E-state index >= 15 is 0 Å². The second-order valence-corrected chi connectivity index (χ2v) is 7.08.